The Morgan fingerprint density at radius 2 is 2.38 bits per heavy atom. The van der Waals surface area contributed by atoms with Crippen molar-refractivity contribution in [2.45, 2.75) is 18.9 Å². The first kappa shape index (κ1) is 10.1. The number of aromatic nitrogens is 1. The highest BCUT2D eigenvalue weighted by molar-refractivity contribution is 7.13. The maximum Gasteiger partial charge on any atom is 0.233 e. The molecule has 0 bridgehead atoms. The molecule has 1 aromatic heterocycles. The summed E-state index contributed by atoms with van der Waals surface area (Å²) in [6, 6.07) is 8.70. The molecule has 3 nitrogen and oxygen atoms in total. The van der Waals surface area contributed by atoms with Crippen LogP contribution in [0.15, 0.2) is 24.3 Å². The minimum atomic E-state index is 0.500. The van der Waals surface area contributed by atoms with Crippen LogP contribution < -0.4 is 10.1 Å². The quantitative estimate of drug-likeness (QED) is 0.885. The normalized spacial score (nSPS) is 20.4. The second-order valence-electron chi connectivity index (χ2n) is 4.09. The van der Waals surface area contributed by atoms with Gasteiger partial charge in [0.25, 0.3) is 0 Å². The molecule has 84 valence electrons. The lowest BCUT2D eigenvalue weighted by atomic mass is 10.2. The second-order valence-corrected chi connectivity index (χ2v) is 4.89. The van der Waals surface area contributed by atoms with Crippen LogP contribution in [0.3, 0.4) is 0 Å². The monoisotopic (exact) mass is 234 g/mol. The van der Waals surface area contributed by atoms with E-state index in [1.807, 2.05) is 12.1 Å². The lowest BCUT2D eigenvalue weighted by molar-refractivity contribution is 0.273. The Morgan fingerprint density at radius 3 is 3.25 bits per heavy atom. The summed E-state index contributed by atoms with van der Waals surface area (Å²) >= 11 is 1.50. The van der Waals surface area contributed by atoms with Crippen molar-refractivity contribution >= 4 is 21.6 Å². The van der Waals surface area contributed by atoms with Crippen molar-refractivity contribution in [3.63, 3.8) is 0 Å². The number of ether oxygens (including phenoxy) is 1. The van der Waals surface area contributed by atoms with Gasteiger partial charge in [-0.2, -0.15) is 4.37 Å². The highest BCUT2D eigenvalue weighted by atomic mass is 32.1. The molecule has 1 aliphatic heterocycles. The Balaban J connectivity index is 1.73. The van der Waals surface area contributed by atoms with Crippen LogP contribution in [0.2, 0.25) is 0 Å². The van der Waals surface area contributed by atoms with Crippen molar-refractivity contribution in [3.8, 4) is 5.88 Å². The van der Waals surface area contributed by atoms with Crippen LogP contribution in [-0.2, 0) is 0 Å². The fourth-order valence-corrected chi connectivity index (χ4v) is 2.77. The van der Waals surface area contributed by atoms with Crippen molar-refractivity contribution < 1.29 is 4.74 Å². The molecule has 0 saturated carbocycles. The van der Waals surface area contributed by atoms with E-state index in [-0.39, 0.29) is 0 Å². The van der Waals surface area contributed by atoms with Crippen molar-refractivity contribution in [2.24, 2.45) is 0 Å². The van der Waals surface area contributed by atoms with Crippen molar-refractivity contribution in [3.05, 3.63) is 24.3 Å². The summed E-state index contributed by atoms with van der Waals surface area (Å²) in [5.74, 6) is 0.786. The molecule has 1 aliphatic rings. The maximum atomic E-state index is 5.78. The molecule has 0 radical (unpaired) electrons. The van der Waals surface area contributed by atoms with E-state index in [9.17, 15) is 0 Å². The standard InChI is InChI=1S/C12H14N2OS/c1-2-6-11-10(5-1)12(14-16-11)15-8-9-4-3-7-13-9/h1-2,5-6,9,13H,3-4,7-8H2. The number of hydrogen-bond acceptors (Lipinski definition) is 4. The summed E-state index contributed by atoms with van der Waals surface area (Å²) in [6.07, 6.45) is 2.47. The summed E-state index contributed by atoms with van der Waals surface area (Å²) in [5, 5.41) is 4.55. The average Bonchev–Trinajstić information content (AvgIpc) is 2.96. The molecular weight excluding hydrogens is 220 g/mol. The molecule has 0 aliphatic carbocycles. The first-order valence-electron chi connectivity index (χ1n) is 5.64. The molecule has 1 aromatic carbocycles. The Labute approximate surface area is 98.6 Å². The molecule has 1 atom stereocenters. The third kappa shape index (κ3) is 1.90. The predicted molar refractivity (Wildman–Crippen MR) is 66.1 cm³/mol. The van der Waals surface area contributed by atoms with Crippen LogP contribution in [-0.4, -0.2) is 23.6 Å². The number of fused-ring (bicyclic) bond motifs is 1. The zero-order valence-electron chi connectivity index (χ0n) is 8.98. The number of nitrogens with one attached hydrogen (secondary N) is 1. The van der Waals surface area contributed by atoms with Gasteiger partial charge in [-0.3, -0.25) is 0 Å². The largest absolute Gasteiger partial charge is 0.475 e. The minimum absolute atomic E-state index is 0.500. The fourth-order valence-electron chi connectivity index (χ4n) is 2.05. The van der Waals surface area contributed by atoms with Gasteiger partial charge in [-0.25, -0.2) is 0 Å². The third-order valence-corrected chi connectivity index (χ3v) is 3.74. The van der Waals surface area contributed by atoms with Crippen molar-refractivity contribution in [2.75, 3.05) is 13.2 Å². The van der Waals surface area contributed by atoms with Gasteiger partial charge in [0.1, 0.15) is 6.61 Å². The summed E-state index contributed by atoms with van der Waals surface area (Å²) in [5.41, 5.74) is 0. The van der Waals surface area contributed by atoms with Gasteiger partial charge in [-0.15, -0.1) is 0 Å². The highest BCUT2D eigenvalue weighted by Crippen LogP contribution is 2.28. The Morgan fingerprint density at radius 1 is 1.44 bits per heavy atom. The SMILES string of the molecule is c1ccc2c(OCC3CCCN3)nsc2c1. The lowest BCUT2D eigenvalue weighted by Crippen LogP contribution is -2.28. The number of benzene rings is 1. The summed E-state index contributed by atoms with van der Waals surface area (Å²) in [7, 11) is 0. The van der Waals surface area contributed by atoms with Crippen molar-refractivity contribution in [1.82, 2.24) is 9.69 Å². The van der Waals surface area contributed by atoms with Crippen LogP contribution in [0.25, 0.3) is 10.1 Å². The second kappa shape index (κ2) is 4.39. The van der Waals surface area contributed by atoms with Crippen LogP contribution in [0.4, 0.5) is 0 Å². The predicted octanol–water partition coefficient (Wildman–Crippen LogP) is 2.43. The molecule has 0 spiro atoms. The molecule has 2 heterocycles. The van der Waals surface area contributed by atoms with E-state index in [2.05, 4.69) is 21.8 Å². The van der Waals surface area contributed by atoms with E-state index in [0.717, 1.165) is 24.4 Å². The first-order chi connectivity index (χ1) is 7.93. The molecule has 1 fully saturated rings. The molecule has 16 heavy (non-hydrogen) atoms. The molecule has 1 unspecified atom stereocenters. The topological polar surface area (TPSA) is 34.1 Å². The zero-order chi connectivity index (χ0) is 10.8. The maximum absolute atomic E-state index is 5.78. The molecule has 0 amide bonds. The summed E-state index contributed by atoms with van der Waals surface area (Å²) in [6.45, 7) is 1.85. The van der Waals surface area contributed by atoms with Crippen LogP contribution in [0, 0.1) is 0 Å². The molecule has 4 heteroatoms. The first-order valence-corrected chi connectivity index (χ1v) is 6.41. The Kier molecular flexibility index (Phi) is 2.76. The van der Waals surface area contributed by atoms with Crippen LogP contribution in [0.5, 0.6) is 5.88 Å². The Bertz CT molecular complexity index is 477. The summed E-state index contributed by atoms with van der Waals surface area (Å²) in [4.78, 5) is 0. The minimum Gasteiger partial charge on any atom is -0.475 e. The van der Waals surface area contributed by atoms with Crippen LogP contribution >= 0.6 is 11.5 Å². The molecule has 3 rings (SSSR count). The number of rotatable bonds is 3. The van der Waals surface area contributed by atoms with Gasteiger partial charge < -0.3 is 10.1 Å². The van der Waals surface area contributed by atoms with Gasteiger partial charge in [0.2, 0.25) is 5.88 Å². The van der Waals surface area contributed by atoms with E-state index < -0.39 is 0 Å². The number of nitrogens with zero attached hydrogens (tertiary/aromatic N) is 1. The van der Waals surface area contributed by atoms with Gasteiger partial charge in [-0.1, -0.05) is 12.1 Å². The average molecular weight is 234 g/mol. The molecule has 1 N–H and O–H groups in total. The zero-order valence-corrected chi connectivity index (χ0v) is 9.80. The molecule has 1 saturated heterocycles. The van der Waals surface area contributed by atoms with E-state index in [0.29, 0.717) is 6.04 Å². The highest BCUT2D eigenvalue weighted by Gasteiger charge is 2.15. The van der Waals surface area contributed by atoms with E-state index in [1.165, 1.54) is 29.1 Å². The van der Waals surface area contributed by atoms with Crippen molar-refractivity contribution in [1.29, 1.82) is 0 Å². The number of hydrogen-bond donors (Lipinski definition) is 1. The van der Waals surface area contributed by atoms with Gasteiger partial charge in [0.15, 0.2) is 0 Å². The van der Waals surface area contributed by atoms with Gasteiger partial charge in [0, 0.05) is 6.04 Å². The third-order valence-electron chi connectivity index (χ3n) is 2.93. The molecular formula is C12H14N2OS. The molecule has 2 aromatic rings. The van der Waals surface area contributed by atoms with Gasteiger partial charge in [0.05, 0.1) is 10.1 Å². The van der Waals surface area contributed by atoms with Crippen LogP contribution in [0.1, 0.15) is 12.8 Å². The lowest BCUT2D eigenvalue weighted by Gasteiger charge is -2.10. The smallest absolute Gasteiger partial charge is 0.233 e. The Hall–Kier alpha value is -1.13. The van der Waals surface area contributed by atoms with E-state index in [1.54, 1.807) is 0 Å². The van der Waals surface area contributed by atoms with E-state index in [4.69, 9.17) is 4.74 Å². The van der Waals surface area contributed by atoms with E-state index >= 15 is 0 Å². The van der Waals surface area contributed by atoms with Gasteiger partial charge >= 0.3 is 0 Å². The fraction of sp³-hybridized carbons (Fsp3) is 0.417. The van der Waals surface area contributed by atoms with Gasteiger partial charge in [-0.05, 0) is 43.1 Å². The summed E-state index contributed by atoms with van der Waals surface area (Å²) < 4.78 is 11.3.